The number of carbonyl (C=O) groups excluding carboxylic acids is 8. The SMILES string of the molecule is C[C@H](NC(=O)c1ccccc1[C@@H]1N2C(=O)CCC(=O)N2[C@@H](c2ccccc2C(=O)N[C@@H](C)c2ccccc2)P1c1ccccc1P1[C@H](c2ccccc2C(=O)N[C@@H](C)c2ccccc2)N2C(=O)CCC(=O)N2[C@H]1c1ccccc1C(=O)N[C@@H](C)c1ccccc1)c1ccccc1. The van der Waals surface area contributed by atoms with Gasteiger partial charge in [-0.15, -0.1) is 0 Å². The highest BCUT2D eigenvalue weighted by molar-refractivity contribution is 7.73. The Bertz CT molecular complexity index is 3910. The van der Waals surface area contributed by atoms with Gasteiger partial charge in [0, 0.05) is 47.9 Å². The van der Waals surface area contributed by atoms with Crippen molar-refractivity contribution in [3.63, 3.8) is 0 Å². The van der Waals surface area contributed by atoms with Crippen LogP contribution >= 0.6 is 15.8 Å². The maximum atomic E-state index is 15.5. The summed E-state index contributed by atoms with van der Waals surface area (Å²) in [5.41, 5.74) is 6.21. The second-order valence-electron chi connectivity index (χ2n) is 24.5. The van der Waals surface area contributed by atoms with Crippen LogP contribution in [0.2, 0.25) is 0 Å². The van der Waals surface area contributed by atoms with E-state index in [1.54, 1.807) is 48.5 Å². The van der Waals surface area contributed by atoms with Crippen molar-refractivity contribution in [1.82, 2.24) is 41.3 Å². The molecule has 0 aromatic heterocycles. The quantitative estimate of drug-likeness (QED) is 0.0609. The van der Waals surface area contributed by atoms with Crippen molar-refractivity contribution >= 4 is 73.7 Å². The monoisotopic (exact) mass is 1310 g/mol. The molecule has 18 heteroatoms. The van der Waals surface area contributed by atoms with Gasteiger partial charge in [-0.2, -0.15) is 0 Å². The number of nitrogens with zero attached hydrogens (tertiary/aromatic N) is 4. The topological polar surface area (TPSA) is 198 Å². The van der Waals surface area contributed by atoms with Crippen molar-refractivity contribution in [3.05, 3.63) is 309 Å². The summed E-state index contributed by atoms with van der Waals surface area (Å²) in [5, 5.41) is 20.2. The van der Waals surface area contributed by atoms with E-state index in [4.69, 9.17) is 0 Å². The molecule has 4 aliphatic rings. The highest BCUT2D eigenvalue weighted by Crippen LogP contribution is 2.74. The molecule has 96 heavy (non-hydrogen) atoms. The van der Waals surface area contributed by atoms with Gasteiger partial charge < -0.3 is 21.3 Å². The fraction of sp³-hybridized carbons (Fsp3) is 0.205. The molecule has 9 aromatic rings. The molecule has 4 N–H and O–H groups in total. The van der Waals surface area contributed by atoms with Gasteiger partial charge in [0.25, 0.3) is 23.6 Å². The predicted octanol–water partition coefficient (Wildman–Crippen LogP) is 13.4. The lowest BCUT2D eigenvalue weighted by atomic mass is 10.0. The zero-order valence-electron chi connectivity index (χ0n) is 53.5. The summed E-state index contributed by atoms with van der Waals surface area (Å²) in [5.74, 6) is -7.60. The number of hydrazine groups is 2. The fourth-order valence-electron chi connectivity index (χ4n) is 13.8. The maximum Gasteiger partial charge on any atom is 0.252 e. The van der Waals surface area contributed by atoms with Gasteiger partial charge in [0.15, 0.2) is 0 Å². The summed E-state index contributed by atoms with van der Waals surface area (Å²) in [4.78, 5) is 123. The average Bonchev–Trinajstić information content (AvgIpc) is 1.55. The van der Waals surface area contributed by atoms with E-state index in [2.05, 4.69) is 21.3 Å². The third kappa shape index (κ3) is 12.4. The van der Waals surface area contributed by atoms with Crippen molar-refractivity contribution in [2.45, 2.75) is 101 Å². The largest absolute Gasteiger partial charge is 0.346 e. The molecule has 4 saturated heterocycles. The minimum Gasteiger partial charge on any atom is -0.346 e. The van der Waals surface area contributed by atoms with E-state index in [1.165, 1.54) is 20.0 Å². The third-order valence-electron chi connectivity index (χ3n) is 18.5. The summed E-state index contributed by atoms with van der Waals surface area (Å²) in [6, 6.07) is 72.6. The van der Waals surface area contributed by atoms with Gasteiger partial charge in [0.05, 0.1) is 24.2 Å². The van der Waals surface area contributed by atoms with Crippen LogP contribution < -0.4 is 31.9 Å². The van der Waals surface area contributed by atoms with Gasteiger partial charge in [-0.1, -0.05) is 218 Å². The van der Waals surface area contributed by atoms with Crippen molar-refractivity contribution in [2.24, 2.45) is 0 Å². The summed E-state index contributed by atoms with van der Waals surface area (Å²) in [6.07, 6.45) is -0.579. The van der Waals surface area contributed by atoms with E-state index in [1.807, 2.05) is 222 Å². The van der Waals surface area contributed by atoms with Gasteiger partial charge in [0.2, 0.25) is 23.6 Å². The van der Waals surface area contributed by atoms with Crippen molar-refractivity contribution in [1.29, 1.82) is 0 Å². The Morgan fingerprint density at radius 2 is 0.479 bits per heavy atom. The van der Waals surface area contributed by atoms with Crippen LogP contribution in [-0.2, 0) is 19.2 Å². The van der Waals surface area contributed by atoms with Crippen LogP contribution in [0.3, 0.4) is 0 Å². The van der Waals surface area contributed by atoms with E-state index in [0.717, 1.165) is 22.3 Å². The first-order valence-electron chi connectivity index (χ1n) is 32.4. The van der Waals surface area contributed by atoms with Gasteiger partial charge in [0.1, 0.15) is 23.1 Å². The van der Waals surface area contributed by atoms with E-state index in [9.17, 15) is 0 Å². The maximum absolute atomic E-state index is 15.5. The Kier molecular flexibility index (Phi) is 18.7. The molecule has 0 radical (unpaired) electrons. The molecule has 482 valence electrons. The first-order chi connectivity index (χ1) is 46.7. The molecule has 8 amide bonds. The van der Waals surface area contributed by atoms with Crippen LogP contribution in [0.15, 0.2) is 243 Å². The van der Waals surface area contributed by atoms with E-state index in [-0.39, 0.29) is 71.6 Å². The summed E-state index contributed by atoms with van der Waals surface area (Å²) >= 11 is 0. The first kappa shape index (κ1) is 64.3. The lowest BCUT2D eigenvalue weighted by molar-refractivity contribution is -0.171. The van der Waals surface area contributed by atoms with Crippen LogP contribution in [-0.4, -0.2) is 67.3 Å². The minimum atomic E-state index is -2.20. The molecule has 4 heterocycles. The summed E-state index contributed by atoms with van der Waals surface area (Å²) in [6.45, 7) is 7.58. The molecule has 0 aliphatic carbocycles. The summed E-state index contributed by atoms with van der Waals surface area (Å²) < 4.78 is 0. The molecule has 0 bridgehead atoms. The highest BCUT2D eigenvalue weighted by atomic mass is 31.1. The standard InChI is InChI=1S/C78H72N8O8P2/c1-49(53-27-9-5-10-28-53)79-71(91)57-35-17-21-39-61(57)75-83-67(87)45-46-68(88)84(83)76(62-40-22-18-36-58(62)72(92)80-50(2)54-29-11-6-12-30-54)95(75)65-43-25-26-44-66(65)96-77(63-41-23-19-37-59(63)73(93)81-51(3)55-31-13-7-14-32-55)85-69(89)47-48-70(90)86(85)78(96)64-42-24-20-38-60(64)74(94)82-52(4)56-33-15-8-16-34-56/h5-44,49-52,75-78H,45-48H2,1-4H3,(H,79,91)(H,80,92)(H,81,93)(H,82,94)/t49-,50-,51-,52-,75+,76+,77+,78+/m0/s1. The van der Waals surface area contributed by atoms with Crippen LogP contribution in [0, 0.1) is 0 Å². The van der Waals surface area contributed by atoms with Gasteiger partial charge in [-0.3, -0.25) is 38.4 Å². The number of benzene rings is 9. The van der Waals surface area contributed by atoms with Crippen molar-refractivity contribution in [2.75, 3.05) is 0 Å². The number of rotatable bonds is 18. The average molecular weight is 1310 g/mol. The van der Waals surface area contributed by atoms with Gasteiger partial charge in [-0.25, -0.2) is 20.0 Å². The van der Waals surface area contributed by atoms with Crippen LogP contribution in [0.1, 0.15) is 187 Å². The lowest BCUT2D eigenvalue weighted by Gasteiger charge is -2.38. The Morgan fingerprint density at radius 3 is 0.698 bits per heavy atom. The molecule has 4 aliphatic heterocycles. The molecule has 8 atom stereocenters. The molecule has 9 aromatic carbocycles. The predicted molar refractivity (Wildman–Crippen MR) is 371 cm³/mol. The Morgan fingerprint density at radius 1 is 0.292 bits per heavy atom. The zero-order valence-corrected chi connectivity index (χ0v) is 55.3. The van der Waals surface area contributed by atoms with E-state index < -0.39 is 86.8 Å². The summed E-state index contributed by atoms with van der Waals surface area (Å²) in [7, 11) is -4.41. The zero-order chi connectivity index (χ0) is 66.7. The first-order valence-corrected chi connectivity index (χ1v) is 35.4. The van der Waals surface area contributed by atoms with Gasteiger partial charge >= 0.3 is 0 Å². The number of fused-ring (bicyclic) bond motifs is 2. The van der Waals surface area contributed by atoms with Crippen molar-refractivity contribution < 1.29 is 38.4 Å². The smallest absolute Gasteiger partial charge is 0.252 e. The van der Waals surface area contributed by atoms with Crippen LogP contribution in [0.4, 0.5) is 0 Å². The molecule has 16 nitrogen and oxygen atoms in total. The number of hydrogen-bond acceptors (Lipinski definition) is 8. The van der Waals surface area contributed by atoms with Crippen molar-refractivity contribution in [3.8, 4) is 0 Å². The second-order valence-corrected chi connectivity index (χ2v) is 29.1. The lowest BCUT2D eigenvalue weighted by Crippen LogP contribution is -2.50. The molecule has 13 rings (SSSR count). The number of amides is 8. The minimum absolute atomic E-state index is 0.145. The second kappa shape index (κ2) is 27.9. The highest BCUT2D eigenvalue weighted by Gasteiger charge is 2.60. The Hall–Kier alpha value is -10.4. The number of nitrogens with one attached hydrogen (secondary N) is 4. The molecular formula is C78H72N8O8P2. The molecule has 4 fully saturated rings. The van der Waals surface area contributed by atoms with E-state index >= 15 is 38.4 Å². The van der Waals surface area contributed by atoms with Crippen LogP contribution in [0.5, 0.6) is 0 Å². The van der Waals surface area contributed by atoms with Crippen LogP contribution in [0.25, 0.3) is 0 Å². The molecule has 0 unspecified atom stereocenters. The van der Waals surface area contributed by atoms with Gasteiger partial charge in [-0.05, 0) is 123 Å². The fourth-order valence-corrected chi connectivity index (χ4v) is 21.3. The normalized spacial score (nSPS) is 19.2. The third-order valence-corrected chi connectivity index (χ3v) is 24.7. The molecule has 0 spiro atoms. The molecular weight excluding hydrogens is 1240 g/mol. The number of carbonyl (C=O) groups is 8. The van der Waals surface area contributed by atoms with E-state index in [0.29, 0.717) is 32.9 Å². The Balaban J connectivity index is 1.07. The molecule has 0 saturated carbocycles. The Labute approximate surface area is 560 Å². The number of hydrogen-bond donors (Lipinski definition) is 4.